The van der Waals surface area contributed by atoms with Crippen LogP contribution in [0, 0.1) is 6.92 Å². The minimum Gasteiger partial charge on any atom is -0.295 e. The molecule has 1 aromatic carbocycles. The van der Waals surface area contributed by atoms with Crippen LogP contribution in [0.3, 0.4) is 0 Å². The zero-order valence-corrected chi connectivity index (χ0v) is 11.9. The number of aryl methyl sites for hydroxylation is 1. The fraction of sp³-hybridized carbons (Fsp3) is 0.250. The van der Waals surface area contributed by atoms with Gasteiger partial charge in [-0.25, -0.2) is 4.98 Å². The van der Waals surface area contributed by atoms with Crippen molar-refractivity contribution in [1.82, 2.24) is 10.3 Å². The first-order chi connectivity index (χ1) is 10.6. The normalized spacial score (nSPS) is 20.7. The zero-order chi connectivity index (χ0) is 15.4. The third-order valence-electron chi connectivity index (χ3n) is 4.17. The maximum atomic E-state index is 12.8. The van der Waals surface area contributed by atoms with Crippen LogP contribution in [0.15, 0.2) is 24.3 Å². The molecule has 2 aliphatic heterocycles. The first kappa shape index (κ1) is 12.9. The number of carbonyl (C=O) groups is 3. The van der Waals surface area contributed by atoms with Crippen LogP contribution in [-0.4, -0.2) is 28.7 Å². The molecule has 1 N–H and O–H groups in total. The van der Waals surface area contributed by atoms with Gasteiger partial charge in [-0.2, -0.15) is 0 Å². The molecular weight excluding hydrogens is 282 g/mol. The first-order valence-corrected chi connectivity index (χ1v) is 7.14. The summed E-state index contributed by atoms with van der Waals surface area (Å²) in [5.41, 5.74) is 1.84. The van der Waals surface area contributed by atoms with Gasteiger partial charge in [0.05, 0.1) is 5.69 Å². The molecule has 1 unspecified atom stereocenters. The molecule has 110 valence electrons. The van der Waals surface area contributed by atoms with Crippen molar-refractivity contribution in [2.75, 3.05) is 4.90 Å². The van der Waals surface area contributed by atoms with Crippen LogP contribution in [0.1, 0.15) is 29.0 Å². The van der Waals surface area contributed by atoms with Crippen LogP contribution in [0.5, 0.6) is 0 Å². The number of pyridine rings is 1. The highest BCUT2D eigenvalue weighted by atomic mass is 16.2. The van der Waals surface area contributed by atoms with Crippen molar-refractivity contribution >= 4 is 34.2 Å². The molecule has 0 radical (unpaired) electrons. The van der Waals surface area contributed by atoms with Gasteiger partial charge in [-0.15, -0.1) is 0 Å². The Kier molecular flexibility index (Phi) is 2.57. The number of amides is 3. The Morgan fingerprint density at radius 1 is 1.27 bits per heavy atom. The van der Waals surface area contributed by atoms with Crippen molar-refractivity contribution in [3.05, 3.63) is 35.7 Å². The van der Waals surface area contributed by atoms with Crippen LogP contribution in [-0.2, 0) is 9.59 Å². The number of carbonyl (C=O) groups excluding carboxylic acids is 3. The number of imide groups is 1. The highest BCUT2D eigenvalue weighted by molar-refractivity contribution is 6.26. The van der Waals surface area contributed by atoms with Crippen LogP contribution in [0.2, 0.25) is 0 Å². The second kappa shape index (κ2) is 4.37. The highest BCUT2D eigenvalue weighted by Gasteiger charge is 2.41. The quantitative estimate of drug-likeness (QED) is 0.804. The lowest BCUT2D eigenvalue weighted by molar-refractivity contribution is -0.134. The molecule has 1 atom stereocenters. The summed E-state index contributed by atoms with van der Waals surface area (Å²) < 4.78 is 0. The van der Waals surface area contributed by atoms with Crippen molar-refractivity contribution in [3.8, 4) is 0 Å². The van der Waals surface area contributed by atoms with Gasteiger partial charge in [-0.1, -0.05) is 12.1 Å². The van der Waals surface area contributed by atoms with E-state index in [-0.39, 0.29) is 18.2 Å². The van der Waals surface area contributed by atoms with Crippen molar-refractivity contribution in [1.29, 1.82) is 0 Å². The smallest absolute Gasteiger partial charge is 0.278 e. The van der Waals surface area contributed by atoms with Gasteiger partial charge in [-0.3, -0.25) is 24.6 Å². The topological polar surface area (TPSA) is 79.4 Å². The fourth-order valence-corrected chi connectivity index (χ4v) is 3.24. The average molecular weight is 295 g/mol. The van der Waals surface area contributed by atoms with E-state index in [1.807, 2.05) is 31.2 Å². The minimum atomic E-state index is -0.662. The summed E-state index contributed by atoms with van der Waals surface area (Å²) in [6.07, 6.45) is 0.568. The number of hydrogen-bond donors (Lipinski definition) is 1. The molecule has 0 saturated carbocycles. The number of aromatic nitrogens is 1. The first-order valence-electron chi connectivity index (χ1n) is 7.14. The number of hydrogen-bond acceptors (Lipinski definition) is 4. The lowest BCUT2D eigenvalue weighted by Gasteiger charge is -2.29. The second-order valence-electron chi connectivity index (χ2n) is 5.63. The molecule has 0 spiro atoms. The van der Waals surface area contributed by atoms with Crippen molar-refractivity contribution in [2.45, 2.75) is 25.8 Å². The standard InChI is InChI=1S/C16H13N3O3/c1-8-7-9-3-2-4-10-13(9)14(17-8)16(22)19(10)11-5-6-12(20)18-15(11)21/h2-4,7,11H,5-6H2,1H3,(H,18,20,21). The molecular formula is C16H13N3O3. The molecule has 1 saturated heterocycles. The Labute approximate surface area is 126 Å². The van der Waals surface area contributed by atoms with Gasteiger partial charge < -0.3 is 0 Å². The lowest BCUT2D eigenvalue weighted by atomic mass is 10.0. The molecule has 3 amide bonds. The van der Waals surface area contributed by atoms with Gasteiger partial charge in [0.15, 0.2) is 0 Å². The predicted molar refractivity (Wildman–Crippen MR) is 79.5 cm³/mol. The maximum absolute atomic E-state index is 12.8. The van der Waals surface area contributed by atoms with Crippen LogP contribution in [0.25, 0.3) is 10.8 Å². The Balaban J connectivity index is 1.88. The average Bonchev–Trinajstić information content (AvgIpc) is 2.74. The van der Waals surface area contributed by atoms with E-state index in [0.717, 1.165) is 16.5 Å². The van der Waals surface area contributed by atoms with Crippen molar-refractivity contribution in [2.24, 2.45) is 0 Å². The van der Waals surface area contributed by atoms with E-state index in [4.69, 9.17) is 0 Å². The molecule has 4 rings (SSSR count). The van der Waals surface area contributed by atoms with E-state index in [9.17, 15) is 14.4 Å². The number of nitrogens with zero attached hydrogens (tertiary/aromatic N) is 2. The second-order valence-corrected chi connectivity index (χ2v) is 5.63. The number of piperidine rings is 1. The van der Waals surface area contributed by atoms with Gasteiger partial charge in [0, 0.05) is 17.5 Å². The zero-order valence-electron chi connectivity index (χ0n) is 11.9. The van der Waals surface area contributed by atoms with E-state index < -0.39 is 11.9 Å². The van der Waals surface area contributed by atoms with Crippen molar-refractivity contribution in [3.63, 3.8) is 0 Å². The monoisotopic (exact) mass is 295 g/mol. The maximum Gasteiger partial charge on any atom is 0.278 e. The van der Waals surface area contributed by atoms with E-state index in [2.05, 4.69) is 10.3 Å². The number of anilines is 1. The van der Waals surface area contributed by atoms with Crippen LogP contribution in [0.4, 0.5) is 5.69 Å². The Hall–Kier alpha value is -2.76. The molecule has 2 aromatic rings. The van der Waals surface area contributed by atoms with E-state index >= 15 is 0 Å². The molecule has 0 bridgehead atoms. The summed E-state index contributed by atoms with van der Waals surface area (Å²) in [5, 5.41) is 4.02. The summed E-state index contributed by atoms with van der Waals surface area (Å²) in [6, 6.07) is 6.86. The minimum absolute atomic E-state index is 0.235. The number of benzene rings is 1. The summed E-state index contributed by atoms with van der Waals surface area (Å²) >= 11 is 0. The molecule has 22 heavy (non-hydrogen) atoms. The van der Waals surface area contributed by atoms with Crippen LogP contribution < -0.4 is 10.2 Å². The Morgan fingerprint density at radius 2 is 2.09 bits per heavy atom. The van der Waals surface area contributed by atoms with Crippen LogP contribution >= 0.6 is 0 Å². The van der Waals surface area contributed by atoms with E-state index in [0.29, 0.717) is 17.8 Å². The summed E-state index contributed by atoms with van der Waals surface area (Å²) in [6.45, 7) is 1.84. The Bertz CT molecular complexity index is 859. The SMILES string of the molecule is Cc1cc2cccc3c2c(n1)C(=O)N3C1CCC(=O)NC1=O. The van der Waals surface area contributed by atoms with Gasteiger partial charge >= 0.3 is 0 Å². The molecule has 1 aromatic heterocycles. The van der Waals surface area contributed by atoms with Gasteiger partial charge in [-0.05, 0) is 30.9 Å². The number of rotatable bonds is 1. The fourth-order valence-electron chi connectivity index (χ4n) is 3.24. The molecule has 2 aliphatic rings. The van der Waals surface area contributed by atoms with Gasteiger partial charge in [0.2, 0.25) is 11.8 Å². The Morgan fingerprint density at radius 3 is 2.86 bits per heavy atom. The van der Waals surface area contributed by atoms with E-state index in [1.165, 1.54) is 4.90 Å². The predicted octanol–water partition coefficient (Wildman–Crippen LogP) is 1.31. The molecule has 3 heterocycles. The third kappa shape index (κ3) is 1.67. The van der Waals surface area contributed by atoms with Gasteiger partial charge in [0.25, 0.3) is 5.91 Å². The largest absolute Gasteiger partial charge is 0.295 e. The highest BCUT2D eigenvalue weighted by Crippen LogP contribution is 2.38. The summed E-state index contributed by atoms with van der Waals surface area (Å²) in [7, 11) is 0. The molecule has 0 aliphatic carbocycles. The number of nitrogens with one attached hydrogen (secondary N) is 1. The molecule has 1 fully saturated rings. The van der Waals surface area contributed by atoms with Gasteiger partial charge in [0.1, 0.15) is 11.7 Å². The third-order valence-corrected chi connectivity index (χ3v) is 4.17. The molecule has 6 heteroatoms. The summed E-state index contributed by atoms with van der Waals surface area (Å²) in [5.74, 6) is -0.992. The van der Waals surface area contributed by atoms with Crippen molar-refractivity contribution < 1.29 is 14.4 Å². The lowest BCUT2D eigenvalue weighted by Crippen LogP contribution is -2.53. The molecule has 6 nitrogen and oxygen atoms in total. The summed E-state index contributed by atoms with van der Waals surface area (Å²) in [4.78, 5) is 42.0. The van der Waals surface area contributed by atoms with E-state index in [1.54, 1.807) is 0 Å².